The lowest BCUT2D eigenvalue weighted by Gasteiger charge is -2.30. The van der Waals surface area contributed by atoms with Crippen molar-refractivity contribution in [2.24, 2.45) is 0 Å². The van der Waals surface area contributed by atoms with Crippen molar-refractivity contribution in [3.8, 4) is 55.6 Å². The van der Waals surface area contributed by atoms with Gasteiger partial charge in [-0.25, -0.2) is 0 Å². The molecule has 0 N–H and O–H groups in total. The highest BCUT2D eigenvalue weighted by molar-refractivity contribution is 7.25. The summed E-state index contributed by atoms with van der Waals surface area (Å²) in [6.45, 7) is 16.4. The van der Waals surface area contributed by atoms with Gasteiger partial charge < -0.3 is 4.90 Å². The molecule has 0 bridgehead atoms. The maximum absolute atomic E-state index is 2.49. The van der Waals surface area contributed by atoms with Gasteiger partial charge in [0.25, 0.3) is 0 Å². The molecular formula is C64H53NS. The number of para-hydroxylation sites is 1. The van der Waals surface area contributed by atoms with Crippen LogP contribution in [0.5, 0.6) is 0 Å². The molecule has 10 aromatic rings. The molecule has 0 unspecified atom stereocenters. The van der Waals surface area contributed by atoms with E-state index in [4.69, 9.17) is 0 Å². The van der Waals surface area contributed by atoms with Crippen molar-refractivity contribution in [2.75, 3.05) is 4.90 Å². The molecular weight excluding hydrogens is 815 g/mol. The van der Waals surface area contributed by atoms with E-state index in [0.717, 1.165) is 17.1 Å². The van der Waals surface area contributed by atoms with E-state index in [1.54, 1.807) is 0 Å². The summed E-state index contributed by atoms with van der Waals surface area (Å²) in [6.07, 6.45) is 0. The van der Waals surface area contributed by atoms with Crippen molar-refractivity contribution in [3.63, 3.8) is 0 Å². The second-order valence-electron chi connectivity index (χ2n) is 20.5. The van der Waals surface area contributed by atoms with Crippen molar-refractivity contribution in [3.05, 3.63) is 222 Å². The first-order chi connectivity index (χ1) is 31.9. The van der Waals surface area contributed by atoms with Crippen LogP contribution in [0.15, 0.2) is 194 Å². The molecule has 1 aromatic heterocycles. The molecule has 2 aliphatic rings. The number of nitrogens with zero attached hydrogens (tertiary/aromatic N) is 1. The van der Waals surface area contributed by atoms with E-state index in [0.29, 0.717) is 0 Å². The van der Waals surface area contributed by atoms with Crippen LogP contribution in [0.2, 0.25) is 0 Å². The SMILES string of the molecule is CC(C)(C)c1ccc(-c2ccc3c(c2)C(C)(C)c2ccc(-c4ccccc4N(c4ccc(-c5cccc6sc7ccccc7c56)cc4)c4ccc5c(c4)C(C)(C)c4ccccc4-5)cc2-3)cc1. The zero-order chi connectivity index (χ0) is 45.1. The molecule has 0 saturated heterocycles. The summed E-state index contributed by atoms with van der Waals surface area (Å²) in [6, 6.07) is 73.4. The maximum atomic E-state index is 2.49. The Morgan fingerprint density at radius 3 is 1.73 bits per heavy atom. The van der Waals surface area contributed by atoms with Gasteiger partial charge in [-0.05, 0) is 138 Å². The van der Waals surface area contributed by atoms with Crippen molar-refractivity contribution in [2.45, 2.75) is 64.7 Å². The molecule has 1 nitrogen and oxygen atoms in total. The van der Waals surface area contributed by atoms with Gasteiger partial charge in [0.1, 0.15) is 0 Å². The number of fused-ring (bicyclic) bond motifs is 9. The second kappa shape index (κ2) is 14.8. The maximum Gasteiger partial charge on any atom is 0.0540 e. The predicted molar refractivity (Wildman–Crippen MR) is 284 cm³/mol. The Kier molecular flexibility index (Phi) is 9.06. The van der Waals surface area contributed by atoms with Crippen molar-refractivity contribution in [1.29, 1.82) is 0 Å². The molecule has 9 aromatic carbocycles. The second-order valence-corrected chi connectivity index (χ2v) is 21.6. The minimum absolute atomic E-state index is 0.124. The number of hydrogen-bond donors (Lipinski definition) is 0. The van der Waals surface area contributed by atoms with Gasteiger partial charge in [0.2, 0.25) is 0 Å². The Labute approximate surface area is 393 Å². The fraction of sp³-hybridized carbons (Fsp3) is 0.156. The quantitative estimate of drug-likeness (QED) is 0.161. The van der Waals surface area contributed by atoms with Crippen LogP contribution < -0.4 is 4.90 Å². The van der Waals surface area contributed by atoms with Crippen LogP contribution in [0.3, 0.4) is 0 Å². The Bertz CT molecular complexity index is 3560. The van der Waals surface area contributed by atoms with Gasteiger partial charge in [0.05, 0.1) is 5.69 Å². The molecule has 0 fully saturated rings. The first kappa shape index (κ1) is 40.5. The molecule has 66 heavy (non-hydrogen) atoms. The number of hydrogen-bond acceptors (Lipinski definition) is 2. The van der Waals surface area contributed by atoms with E-state index in [1.807, 2.05) is 11.3 Å². The van der Waals surface area contributed by atoms with Gasteiger partial charge in [-0.2, -0.15) is 0 Å². The minimum atomic E-state index is -0.133. The van der Waals surface area contributed by atoms with Crippen LogP contribution in [-0.2, 0) is 16.2 Å². The predicted octanol–water partition coefficient (Wildman–Crippen LogP) is 18.4. The number of benzene rings is 9. The lowest BCUT2D eigenvalue weighted by molar-refractivity contribution is 0.590. The van der Waals surface area contributed by atoms with E-state index in [1.165, 1.54) is 104 Å². The van der Waals surface area contributed by atoms with Crippen molar-refractivity contribution >= 4 is 48.6 Å². The Morgan fingerprint density at radius 1 is 0.379 bits per heavy atom. The Balaban J connectivity index is 0.986. The molecule has 0 radical (unpaired) electrons. The lowest BCUT2D eigenvalue weighted by Crippen LogP contribution is -2.17. The van der Waals surface area contributed by atoms with Gasteiger partial charge in [-0.3, -0.25) is 0 Å². The number of thiophene rings is 1. The number of rotatable bonds is 6. The summed E-state index contributed by atoms with van der Waals surface area (Å²) >= 11 is 1.87. The Hall–Kier alpha value is -7.00. The summed E-state index contributed by atoms with van der Waals surface area (Å²) in [7, 11) is 0. The highest BCUT2D eigenvalue weighted by Gasteiger charge is 2.37. The van der Waals surface area contributed by atoms with Gasteiger partial charge >= 0.3 is 0 Å². The molecule has 2 aliphatic carbocycles. The monoisotopic (exact) mass is 867 g/mol. The van der Waals surface area contributed by atoms with Crippen LogP contribution in [-0.4, -0.2) is 0 Å². The third-order valence-corrected chi connectivity index (χ3v) is 16.0. The zero-order valence-electron chi connectivity index (χ0n) is 38.8. The third kappa shape index (κ3) is 6.26. The molecule has 12 rings (SSSR count). The molecule has 0 saturated carbocycles. The topological polar surface area (TPSA) is 3.24 Å². The van der Waals surface area contributed by atoms with Crippen LogP contribution >= 0.6 is 11.3 Å². The number of anilines is 3. The fourth-order valence-corrected chi connectivity index (χ4v) is 12.4. The normalized spacial score (nSPS) is 14.2. The van der Waals surface area contributed by atoms with Crippen LogP contribution in [0.25, 0.3) is 75.8 Å². The largest absolute Gasteiger partial charge is 0.310 e. The van der Waals surface area contributed by atoms with E-state index in [9.17, 15) is 0 Å². The third-order valence-electron chi connectivity index (χ3n) is 14.9. The molecule has 0 aliphatic heterocycles. The van der Waals surface area contributed by atoms with Gasteiger partial charge in [0, 0.05) is 47.9 Å². The smallest absolute Gasteiger partial charge is 0.0540 e. The minimum Gasteiger partial charge on any atom is -0.310 e. The highest BCUT2D eigenvalue weighted by atomic mass is 32.1. The van der Waals surface area contributed by atoms with Crippen LogP contribution in [0.1, 0.15) is 76.3 Å². The first-order valence-electron chi connectivity index (χ1n) is 23.4. The van der Waals surface area contributed by atoms with Gasteiger partial charge in [-0.15, -0.1) is 11.3 Å². The van der Waals surface area contributed by atoms with Gasteiger partial charge in [0.15, 0.2) is 0 Å². The van der Waals surface area contributed by atoms with E-state index in [2.05, 4.69) is 247 Å². The lowest BCUT2D eigenvalue weighted by atomic mass is 9.81. The standard InChI is InChI=1S/C64H53NS/c1-62(2,3)44-29-23-40(24-30-44)42-27-34-51-53-37-43(28-36-55(53)64(6,7)56(51)38-42)47-15-9-12-20-58(47)65(46-33-35-50-49-16-8-11-19-54(49)63(4,5)57(50)39-46)45-31-25-41(26-32-45)48-18-14-22-60-61(48)52-17-10-13-21-59(52)66-60/h8-39H,1-7H3. The summed E-state index contributed by atoms with van der Waals surface area (Å²) in [5.41, 5.74) is 22.9. The average molecular weight is 868 g/mol. The molecule has 2 heteroatoms. The van der Waals surface area contributed by atoms with Gasteiger partial charge in [-0.1, -0.05) is 188 Å². The van der Waals surface area contributed by atoms with Crippen LogP contribution in [0, 0.1) is 0 Å². The molecule has 1 heterocycles. The molecule has 0 amide bonds. The Morgan fingerprint density at radius 2 is 0.939 bits per heavy atom. The first-order valence-corrected chi connectivity index (χ1v) is 24.2. The molecule has 0 atom stereocenters. The van der Waals surface area contributed by atoms with Crippen molar-refractivity contribution < 1.29 is 0 Å². The zero-order valence-corrected chi connectivity index (χ0v) is 39.6. The average Bonchev–Trinajstić information content (AvgIpc) is 3.91. The van der Waals surface area contributed by atoms with Crippen LogP contribution in [0.4, 0.5) is 17.1 Å². The summed E-state index contributed by atoms with van der Waals surface area (Å²) in [5.74, 6) is 0. The highest BCUT2D eigenvalue weighted by Crippen LogP contribution is 2.54. The summed E-state index contributed by atoms with van der Waals surface area (Å²) in [4.78, 5) is 2.49. The van der Waals surface area contributed by atoms with Crippen molar-refractivity contribution in [1.82, 2.24) is 0 Å². The van der Waals surface area contributed by atoms with E-state index in [-0.39, 0.29) is 16.2 Å². The van der Waals surface area contributed by atoms with E-state index < -0.39 is 0 Å². The fourth-order valence-electron chi connectivity index (χ4n) is 11.2. The molecule has 0 spiro atoms. The summed E-state index contributed by atoms with van der Waals surface area (Å²) in [5, 5.41) is 2.65. The summed E-state index contributed by atoms with van der Waals surface area (Å²) < 4.78 is 2.65. The molecule has 320 valence electrons. The van der Waals surface area contributed by atoms with E-state index >= 15 is 0 Å².